The van der Waals surface area contributed by atoms with Crippen molar-refractivity contribution in [1.29, 1.82) is 0 Å². The molecule has 34 heavy (non-hydrogen) atoms. The van der Waals surface area contributed by atoms with Gasteiger partial charge in [0.15, 0.2) is 17.4 Å². The largest absolute Gasteiger partial charge is 0.458 e. The maximum atomic E-state index is 12.8. The van der Waals surface area contributed by atoms with Gasteiger partial charge in [0, 0.05) is 52.0 Å². The first-order valence-corrected chi connectivity index (χ1v) is 11.2. The number of hydrogen-bond donors (Lipinski definition) is 1. The molecule has 3 aromatic rings. The number of carbonyl (C=O) groups excluding carboxylic acids is 2. The first-order chi connectivity index (χ1) is 16.2. The van der Waals surface area contributed by atoms with E-state index in [0.717, 1.165) is 17.1 Å². The molecule has 0 radical (unpaired) electrons. The second-order valence-electron chi connectivity index (χ2n) is 8.67. The molecular weight excluding hydrogens is 436 g/mol. The van der Waals surface area contributed by atoms with Gasteiger partial charge in [-0.2, -0.15) is 5.10 Å². The SMILES string of the molecule is Cc1cc(C)n(-c2cc(NC(=O)CN3CCN(C(=O)N(C)C)CC3)nc(-c3ccc(C)o3)n2)n1. The molecule has 180 valence electrons. The highest BCUT2D eigenvalue weighted by Crippen LogP contribution is 2.23. The fraction of sp³-hybridized carbons (Fsp3) is 0.435. The van der Waals surface area contributed by atoms with E-state index in [4.69, 9.17) is 4.42 Å². The molecule has 3 aromatic heterocycles. The van der Waals surface area contributed by atoms with Crippen LogP contribution in [0.4, 0.5) is 10.6 Å². The van der Waals surface area contributed by atoms with Gasteiger partial charge in [-0.15, -0.1) is 0 Å². The van der Waals surface area contributed by atoms with Gasteiger partial charge in [-0.1, -0.05) is 0 Å². The molecule has 11 heteroatoms. The fourth-order valence-electron chi connectivity index (χ4n) is 3.90. The summed E-state index contributed by atoms with van der Waals surface area (Å²) in [5, 5.41) is 7.40. The van der Waals surface area contributed by atoms with Crippen molar-refractivity contribution >= 4 is 17.8 Å². The molecule has 3 amide bonds. The van der Waals surface area contributed by atoms with Gasteiger partial charge in [0.25, 0.3) is 0 Å². The van der Waals surface area contributed by atoms with Crippen LogP contribution in [0.15, 0.2) is 28.7 Å². The molecule has 0 unspecified atom stereocenters. The van der Waals surface area contributed by atoms with Crippen molar-refractivity contribution in [2.75, 3.05) is 52.1 Å². The number of aryl methyl sites for hydroxylation is 3. The van der Waals surface area contributed by atoms with Crippen LogP contribution in [0, 0.1) is 20.8 Å². The Bertz CT molecular complexity index is 1190. The number of aromatic nitrogens is 4. The number of nitrogens with zero attached hydrogens (tertiary/aromatic N) is 7. The Kier molecular flexibility index (Phi) is 6.64. The van der Waals surface area contributed by atoms with E-state index in [1.54, 1.807) is 40.7 Å². The highest BCUT2D eigenvalue weighted by atomic mass is 16.3. The maximum Gasteiger partial charge on any atom is 0.319 e. The van der Waals surface area contributed by atoms with Crippen LogP contribution in [-0.2, 0) is 4.79 Å². The standard InChI is InChI=1S/C23H30N8O3/c1-15-12-16(2)31(27-15)20-13-19(25-22(26-20)18-7-6-17(3)34-18)24-21(32)14-29-8-10-30(11-9-29)23(33)28(4)5/h6-7,12-13H,8-11,14H2,1-5H3,(H,24,25,26,32). The number of nitrogens with one attached hydrogen (secondary N) is 1. The lowest BCUT2D eigenvalue weighted by molar-refractivity contribution is -0.117. The predicted octanol–water partition coefficient (Wildman–Crippen LogP) is 2.09. The van der Waals surface area contributed by atoms with Crippen LogP contribution >= 0.6 is 0 Å². The van der Waals surface area contributed by atoms with Gasteiger partial charge in [0.2, 0.25) is 5.91 Å². The molecule has 1 aliphatic rings. The number of hydrogen-bond acceptors (Lipinski definition) is 7. The van der Waals surface area contributed by atoms with Gasteiger partial charge >= 0.3 is 6.03 Å². The van der Waals surface area contributed by atoms with Crippen LogP contribution in [0.3, 0.4) is 0 Å². The van der Waals surface area contributed by atoms with Crippen molar-refractivity contribution in [3.63, 3.8) is 0 Å². The molecule has 1 fully saturated rings. The summed E-state index contributed by atoms with van der Waals surface area (Å²) in [6.45, 7) is 8.34. The Labute approximate surface area is 198 Å². The monoisotopic (exact) mass is 466 g/mol. The zero-order valence-corrected chi connectivity index (χ0v) is 20.2. The summed E-state index contributed by atoms with van der Waals surface area (Å²) in [6, 6.07) is 7.29. The minimum absolute atomic E-state index is 0.0116. The summed E-state index contributed by atoms with van der Waals surface area (Å²) < 4.78 is 7.43. The Balaban J connectivity index is 1.50. The quantitative estimate of drug-likeness (QED) is 0.613. The molecule has 0 aliphatic carbocycles. The molecule has 0 aromatic carbocycles. The average Bonchev–Trinajstić information content (AvgIpc) is 3.37. The first kappa shape index (κ1) is 23.4. The Morgan fingerprint density at radius 3 is 2.38 bits per heavy atom. The van der Waals surface area contributed by atoms with Crippen molar-refractivity contribution in [3.05, 3.63) is 41.4 Å². The third-order valence-electron chi connectivity index (χ3n) is 5.56. The molecule has 1 saturated heterocycles. The second-order valence-corrected chi connectivity index (χ2v) is 8.67. The van der Waals surface area contributed by atoms with E-state index < -0.39 is 0 Å². The van der Waals surface area contributed by atoms with E-state index in [9.17, 15) is 9.59 Å². The number of rotatable bonds is 5. The molecule has 0 saturated carbocycles. The van der Waals surface area contributed by atoms with Gasteiger partial charge in [0.1, 0.15) is 11.6 Å². The number of piperazine rings is 1. The lowest BCUT2D eigenvalue weighted by Gasteiger charge is -2.35. The molecule has 0 bridgehead atoms. The Morgan fingerprint density at radius 2 is 1.79 bits per heavy atom. The van der Waals surface area contributed by atoms with Crippen molar-refractivity contribution < 1.29 is 14.0 Å². The third-order valence-corrected chi connectivity index (χ3v) is 5.56. The minimum atomic E-state index is -0.188. The summed E-state index contributed by atoms with van der Waals surface area (Å²) in [6.07, 6.45) is 0. The van der Waals surface area contributed by atoms with E-state index >= 15 is 0 Å². The topological polar surface area (TPSA) is 113 Å². The highest BCUT2D eigenvalue weighted by molar-refractivity contribution is 5.91. The van der Waals surface area contributed by atoms with Crippen LogP contribution in [0.5, 0.6) is 0 Å². The van der Waals surface area contributed by atoms with Crippen molar-refractivity contribution in [2.24, 2.45) is 0 Å². The Morgan fingerprint density at radius 1 is 1.06 bits per heavy atom. The molecular formula is C23H30N8O3. The second kappa shape index (κ2) is 9.64. The van der Waals surface area contributed by atoms with Crippen LogP contribution in [0.1, 0.15) is 17.1 Å². The highest BCUT2D eigenvalue weighted by Gasteiger charge is 2.24. The van der Waals surface area contributed by atoms with E-state index in [0.29, 0.717) is 49.4 Å². The zero-order valence-electron chi connectivity index (χ0n) is 20.2. The molecule has 1 N–H and O–H groups in total. The van der Waals surface area contributed by atoms with Crippen LogP contribution in [-0.4, -0.2) is 93.2 Å². The smallest absolute Gasteiger partial charge is 0.319 e. The molecule has 4 rings (SSSR count). The number of carbonyl (C=O) groups is 2. The normalized spacial score (nSPS) is 14.3. The van der Waals surface area contributed by atoms with Gasteiger partial charge in [-0.25, -0.2) is 19.4 Å². The lowest BCUT2D eigenvalue weighted by Crippen LogP contribution is -2.52. The molecule has 4 heterocycles. The number of urea groups is 1. The number of furan rings is 1. The van der Waals surface area contributed by atoms with Crippen molar-refractivity contribution in [3.8, 4) is 17.4 Å². The maximum absolute atomic E-state index is 12.8. The van der Waals surface area contributed by atoms with Crippen molar-refractivity contribution in [1.82, 2.24) is 34.4 Å². The van der Waals surface area contributed by atoms with Crippen LogP contribution < -0.4 is 5.32 Å². The summed E-state index contributed by atoms with van der Waals surface area (Å²) in [5.74, 6) is 2.34. The van der Waals surface area contributed by atoms with Crippen LogP contribution in [0.25, 0.3) is 17.4 Å². The predicted molar refractivity (Wildman–Crippen MR) is 127 cm³/mol. The number of amides is 3. The summed E-state index contributed by atoms with van der Waals surface area (Å²) in [7, 11) is 3.48. The van der Waals surface area contributed by atoms with E-state index in [1.165, 1.54) is 0 Å². The van der Waals surface area contributed by atoms with Crippen LogP contribution in [0.2, 0.25) is 0 Å². The van der Waals surface area contributed by atoms with Gasteiger partial charge in [0.05, 0.1) is 12.2 Å². The average molecular weight is 467 g/mol. The summed E-state index contributed by atoms with van der Waals surface area (Å²) >= 11 is 0. The van der Waals surface area contributed by atoms with Gasteiger partial charge < -0.3 is 19.5 Å². The molecule has 11 nitrogen and oxygen atoms in total. The van der Waals surface area contributed by atoms with E-state index in [-0.39, 0.29) is 18.5 Å². The molecule has 1 aliphatic heterocycles. The number of anilines is 1. The van der Waals surface area contributed by atoms with Crippen molar-refractivity contribution in [2.45, 2.75) is 20.8 Å². The van der Waals surface area contributed by atoms with Gasteiger partial charge in [-0.05, 0) is 39.0 Å². The Hall–Kier alpha value is -3.73. The molecule has 0 atom stereocenters. The van der Waals surface area contributed by atoms with Gasteiger partial charge in [-0.3, -0.25) is 9.69 Å². The fourth-order valence-corrected chi connectivity index (χ4v) is 3.90. The van der Waals surface area contributed by atoms with E-state index in [2.05, 4.69) is 20.4 Å². The molecule has 0 spiro atoms. The van der Waals surface area contributed by atoms with E-state index in [1.807, 2.05) is 37.8 Å². The zero-order chi connectivity index (χ0) is 24.4. The first-order valence-electron chi connectivity index (χ1n) is 11.2. The minimum Gasteiger partial charge on any atom is -0.458 e. The third kappa shape index (κ3) is 5.25. The lowest BCUT2D eigenvalue weighted by atomic mass is 10.3. The summed E-state index contributed by atoms with van der Waals surface area (Å²) in [5.41, 5.74) is 1.78. The summed E-state index contributed by atoms with van der Waals surface area (Å²) in [4.78, 5) is 39.4.